The average Bonchev–Trinajstić information content (AvgIpc) is 3.11. The molecule has 2 atom stereocenters. The van der Waals surface area contributed by atoms with E-state index < -0.39 is 45.7 Å². The highest BCUT2D eigenvalue weighted by molar-refractivity contribution is 7.92. The van der Waals surface area contributed by atoms with Crippen molar-refractivity contribution in [2.75, 3.05) is 17.8 Å². The van der Waals surface area contributed by atoms with Gasteiger partial charge in [-0.25, -0.2) is 18.1 Å². The topological polar surface area (TPSA) is 127 Å². The van der Waals surface area contributed by atoms with Crippen molar-refractivity contribution in [3.05, 3.63) is 47.7 Å². The molecule has 200 valence electrons. The Bertz CT molecular complexity index is 1470. The molecule has 3 aromatic rings. The number of nitrogens with zero attached hydrogens (tertiary/aromatic N) is 4. The van der Waals surface area contributed by atoms with E-state index in [1.807, 2.05) is 0 Å². The highest BCUT2D eigenvalue weighted by Gasteiger charge is 2.38. The minimum absolute atomic E-state index is 0.133. The predicted molar refractivity (Wildman–Crippen MR) is 128 cm³/mol. The van der Waals surface area contributed by atoms with Gasteiger partial charge in [0.05, 0.1) is 11.3 Å². The molecule has 2 amide bonds. The summed E-state index contributed by atoms with van der Waals surface area (Å²) in [6.45, 7) is 3.61. The van der Waals surface area contributed by atoms with E-state index in [1.54, 1.807) is 12.2 Å². The van der Waals surface area contributed by atoms with Crippen molar-refractivity contribution in [1.29, 1.82) is 0 Å². The largest absolute Gasteiger partial charge is 0.479 e. The molecule has 0 saturated carbocycles. The minimum atomic E-state index is -4.65. The van der Waals surface area contributed by atoms with Gasteiger partial charge in [0.15, 0.2) is 11.9 Å². The monoisotopic (exact) mass is 544 g/mol. The summed E-state index contributed by atoms with van der Waals surface area (Å²) in [4.78, 5) is 28.9. The van der Waals surface area contributed by atoms with E-state index in [4.69, 9.17) is 4.74 Å². The number of amides is 2. The zero-order valence-electron chi connectivity index (χ0n) is 20.4. The van der Waals surface area contributed by atoms with Crippen molar-refractivity contribution < 1.29 is 36.1 Å². The molecule has 2 heterocycles. The second kappa shape index (κ2) is 10.3. The molecular weight excluding hydrogens is 520 g/mol. The van der Waals surface area contributed by atoms with Crippen LogP contribution < -0.4 is 15.4 Å². The van der Waals surface area contributed by atoms with Crippen molar-refractivity contribution in [2.24, 2.45) is 4.36 Å². The second-order valence-corrected chi connectivity index (χ2v) is 11.0. The predicted octanol–water partition coefficient (Wildman–Crippen LogP) is 3.62. The summed E-state index contributed by atoms with van der Waals surface area (Å²) in [7, 11) is -2.71. The maximum atomic E-state index is 14.0. The zero-order chi connectivity index (χ0) is 27.7. The van der Waals surface area contributed by atoms with Crippen molar-refractivity contribution >= 4 is 38.6 Å². The molecule has 0 bridgehead atoms. The Morgan fingerprint density at radius 2 is 1.89 bits per heavy atom. The van der Waals surface area contributed by atoms with Crippen LogP contribution in [0.1, 0.15) is 29.8 Å². The molecule has 0 aliphatic heterocycles. The molecule has 3 rings (SSSR count). The summed E-state index contributed by atoms with van der Waals surface area (Å²) in [6.07, 6.45) is -0.830. The second-order valence-electron chi connectivity index (χ2n) is 8.44. The number of aromatic nitrogens is 3. The number of halogens is 4. The van der Waals surface area contributed by atoms with Gasteiger partial charge in [-0.2, -0.15) is 22.6 Å². The van der Waals surface area contributed by atoms with Gasteiger partial charge in [0.1, 0.15) is 29.5 Å². The van der Waals surface area contributed by atoms with Gasteiger partial charge in [0.25, 0.3) is 11.8 Å². The highest BCUT2D eigenvalue weighted by atomic mass is 32.2. The summed E-state index contributed by atoms with van der Waals surface area (Å²) in [5.41, 5.74) is 1.03. The third-order valence-electron chi connectivity index (χ3n) is 5.08. The van der Waals surface area contributed by atoms with Gasteiger partial charge in [-0.15, -0.1) is 0 Å². The molecular formula is C22H24F4N6O4S. The van der Waals surface area contributed by atoms with Crippen molar-refractivity contribution in [1.82, 2.24) is 19.9 Å². The molecule has 37 heavy (non-hydrogen) atoms. The highest BCUT2D eigenvalue weighted by Crippen LogP contribution is 2.32. The molecule has 2 N–H and O–H groups in total. The fourth-order valence-corrected chi connectivity index (χ4v) is 3.70. The SMILES string of the molecule is Cc1c(C(=O)N=S(C)(C)=O)cn2ncnc(Nc3ccc(F)cc3O[C@H](C)C(=O)NC(C)C(F)(F)F)c12. The standard InChI is InChI=1S/C22H24F4N6O4S/c1-11-15(21(34)31-37(4,5)35)9-32-18(11)19(27-10-28-32)30-16-7-6-14(23)8-17(16)36-12(2)20(33)29-13(3)22(24,25)26/h6-10,12-13H,1-5H3,(H,29,33)(H,27,28,30)/t12-,13?/m1/s1. The molecule has 0 aliphatic carbocycles. The van der Waals surface area contributed by atoms with Gasteiger partial charge in [0, 0.05) is 34.5 Å². The summed E-state index contributed by atoms with van der Waals surface area (Å²) in [5, 5.41) is 8.78. The van der Waals surface area contributed by atoms with Gasteiger partial charge >= 0.3 is 6.18 Å². The number of ether oxygens (including phenoxy) is 1. The number of nitrogens with one attached hydrogen (secondary N) is 2. The minimum Gasteiger partial charge on any atom is -0.479 e. The third-order valence-corrected chi connectivity index (χ3v) is 5.68. The third kappa shape index (κ3) is 6.72. The van der Waals surface area contributed by atoms with Gasteiger partial charge < -0.3 is 15.4 Å². The van der Waals surface area contributed by atoms with E-state index in [0.717, 1.165) is 19.1 Å². The first kappa shape index (κ1) is 27.8. The van der Waals surface area contributed by atoms with Crippen LogP contribution in [-0.2, 0) is 14.5 Å². The smallest absolute Gasteiger partial charge is 0.408 e. The van der Waals surface area contributed by atoms with E-state index in [0.29, 0.717) is 11.1 Å². The fourth-order valence-electron chi connectivity index (χ4n) is 3.20. The van der Waals surface area contributed by atoms with Crippen LogP contribution in [0.5, 0.6) is 5.75 Å². The Morgan fingerprint density at radius 3 is 2.51 bits per heavy atom. The van der Waals surface area contributed by atoms with Crippen LogP contribution in [0, 0.1) is 12.7 Å². The average molecular weight is 545 g/mol. The number of hydrogen-bond acceptors (Lipinski definition) is 7. The van der Waals surface area contributed by atoms with Crippen LogP contribution in [0.4, 0.5) is 29.1 Å². The first-order valence-electron chi connectivity index (χ1n) is 10.7. The number of carbonyl (C=O) groups is 2. The van der Waals surface area contributed by atoms with E-state index in [9.17, 15) is 31.4 Å². The normalized spacial score (nSPS) is 13.6. The lowest BCUT2D eigenvalue weighted by atomic mass is 10.2. The van der Waals surface area contributed by atoms with E-state index in [2.05, 4.69) is 19.8 Å². The lowest BCUT2D eigenvalue weighted by molar-refractivity contribution is -0.160. The first-order chi connectivity index (χ1) is 17.1. The Labute approximate surface area is 209 Å². The van der Waals surface area contributed by atoms with Gasteiger partial charge in [-0.3, -0.25) is 9.59 Å². The fraction of sp³-hybridized carbons (Fsp3) is 0.364. The van der Waals surface area contributed by atoms with Crippen LogP contribution in [0.3, 0.4) is 0 Å². The lowest BCUT2D eigenvalue weighted by Crippen LogP contribution is -2.47. The molecule has 2 aromatic heterocycles. The van der Waals surface area contributed by atoms with Gasteiger partial charge in [-0.05, 0) is 38.5 Å². The summed E-state index contributed by atoms with van der Waals surface area (Å²) >= 11 is 0. The van der Waals surface area contributed by atoms with Crippen LogP contribution >= 0.6 is 0 Å². The van der Waals surface area contributed by atoms with E-state index in [-0.39, 0.29) is 22.8 Å². The Morgan fingerprint density at radius 1 is 1.22 bits per heavy atom. The molecule has 0 radical (unpaired) electrons. The van der Waals surface area contributed by atoms with Crippen molar-refractivity contribution in [3.63, 3.8) is 0 Å². The molecule has 0 aliphatic rings. The molecule has 1 aromatic carbocycles. The Hall–Kier alpha value is -3.75. The molecule has 0 saturated heterocycles. The molecule has 15 heteroatoms. The van der Waals surface area contributed by atoms with Crippen LogP contribution in [0.2, 0.25) is 0 Å². The number of anilines is 2. The maximum absolute atomic E-state index is 14.0. The molecule has 1 unspecified atom stereocenters. The Balaban J connectivity index is 1.94. The molecule has 0 fully saturated rings. The summed E-state index contributed by atoms with van der Waals surface area (Å²) in [5.74, 6) is -2.49. The maximum Gasteiger partial charge on any atom is 0.408 e. The van der Waals surface area contributed by atoms with Crippen LogP contribution in [-0.4, -0.2) is 61.5 Å². The van der Waals surface area contributed by atoms with Crippen molar-refractivity contribution in [2.45, 2.75) is 39.1 Å². The van der Waals surface area contributed by atoms with E-state index >= 15 is 0 Å². The van der Waals surface area contributed by atoms with E-state index in [1.165, 1.54) is 42.5 Å². The molecule has 10 nitrogen and oxygen atoms in total. The Kier molecular flexibility index (Phi) is 7.76. The van der Waals surface area contributed by atoms with Gasteiger partial charge in [-0.1, -0.05) is 0 Å². The quantitative estimate of drug-likeness (QED) is 0.435. The number of benzene rings is 1. The summed E-state index contributed by atoms with van der Waals surface area (Å²) < 4.78 is 74.8. The van der Waals surface area contributed by atoms with Crippen LogP contribution in [0.15, 0.2) is 35.1 Å². The number of fused-ring (bicyclic) bond motifs is 1. The number of alkyl halides is 3. The van der Waals surface area contributed by atoms with Gasteiger partial charge in [0.2, 0.25) is 0 Å². The first-order valence-corrected chi connectivity index (χ1v) is 13.0. The number of carbonyl (C=O) groups excluding carboxylic acids is 2. The lowest BCUT2D eigenvalue weighted by Gasteiger charge is -2.21. The number of hydrogen-bond donors (Lipinski definition) is 2. The zero-order valence-corrected chi connectivity index (χ0v) is 21.2. The summed E-state index contributed by atoms with van der Waals surface area (Å²) in [6, 6.07) is 1.23. The number of rotatable bonds is 7. The number of aryl methyl sites for hydroxylation is 1. The van der Waals surface area contributed by atoms with Crippen molar-refractivity contribution in [3.8, 4) is 5.75 Å². The van der Waals surface area contributed by atoms with Crippen LogP contribution in [0.25, 0.3) is 5.52 Å². The molecule has 0 spiro atoms.